The van der Waals surface area contributed by atoms with Gasteiger partial charge in [-0.3, -0.25) is 9.59 Å². The van der Waals surface area contributed by atoms with Gasteiger partial charge in [-0.25, -0.2) is 14.6 Å². The first-order chi connectivity index (χ1) is 22.3. The third-order valence-corrected chi connectivity index (χ3v) is 9.47. The molecule has 10 nitrogen and oxygen atoms in total. The van der Waals surface area contributed by atoms with Crippen LogP contribution in [0.25, 0.3) is 33.2 Å². The Morgan fingerprint density at radius 1 is 1.07 bits per heavy atom. The molecule has 7 rings (SSSR count). The van der Waals surface area contributed by atoms with E-state index in [-0.39, 0.29) is 23.6 Å². The van der Waals surface area contributed by atoms with Crippen LogP contribution in [0.1, 0.15) is 42.0 Å². The van der Waals surface area contributed by atoms with E-state index in [1.54, 1.807) is 32.6 Å². The number of benzene rings is 2. The minimum absolute atomic E-state index is 0.108. The Balaban J connectivity index is 1.21. The van der Waals surface area contributed by atoms with Crippen LogP contribution in [-0.4, -0.2) is 45.4 Å². The Morgan fingerprint density at radius 3 is 2.67 bits per heavy atom. The SMILES string of the molecule is COc1nc(-c2cccc(-c3cccc(Nc4nccc5cnn(C)c(=O)c45)c3C)c2Cl)cc2c1C(NC[C@@H]1CCC(=O)N1)CC2. The topological polar surface area (TPSA) is 123 Å². The highest BCUT2D eigenvalue weighted by Crippen LogP contribution is 2.43. The number of halogens is 1. The second-order valence-corrected chi connectivity index (χ2v) is 12.2. The number of rotatable bonds is 8. The Morgan fingerprint density at radius 2 is 1.87 bits per heavy atom. The van der Waals surface area contributed by atoms with Crippen LogP contribution in [-0.2, 0) is 18.3 Å². The normalized spacial score (nSPS) is 17.3. The number of hydrogen-bond acceptors (Lipinski definition) is 8. The Kier molecular flexibility index (Phi) is 7.92. The molecular weight excluding hydrogens is 602 g/mol. The number of aryl methyl sites for hydroxylation is 2. The van der Waals surface area contributed by atoms with E-state index in [0.29, 0.717) is 40.5 Å². The lowest BCUT2D eigenvalue weighted by molar-refractivity contribution is -0.119. The van der Waals surface area contributed by atoms with Crippen molar-refractivity contribution in [1.29, 1.82) is 0 Å². The number of carbonyl (C=O) groups excluding carboxylic acids is 1. The average molecular weight is 636 g/mol. The number of carbonyl (C=O) groups is 1. The van der Waals surface area contributed by atoms with Gasteiger partial charge in [0, 0.05) is 66.1 Å². The summed E-state index contributed by atoms with van der Waals surface area (Å²) in [7, 11) is 3.27. The molecule has 0 spiro atoms. The molecule has 1 aliphatic heterocycles. The quantitative estimate of drug-likeness (QED) is 0.201. The maximum atomic E-state index is 12.9. The van der Waals surface area contributed by atoms with Crippen molar-refractivity contribution in [2.75, 3.05) is 19.0 Å². The molecule has 11 heteroatoms. The van der Waals surface area contributed by atoms with E-state index < -0.39 is 0 Å². The van der Waals surface area contributed by atoms with Gasteiger partial charge in [-0.2, -0.15) is 5.10 Å². The number of anilines is 2. The number of hydrogen-bond donors (Lipinski definition) is 3. The highest BCUT2D eigenvalue weighted by molar-refractivity contribution is 6.36. The van der Waals surface area contributed by atoms with Crippen LogP contribution < -0.4 is 26.2 Å². The van der Waals surface area contributed by atoms with Crippen molar-refractivity contribution < 1.29 is 9.53 Å². The number of amides is 1. The molecule has 5 aromatic rings. The van der Waals surface area contributed by atoms with Crippen molar-refractivity contribution in [3.8, 4) is 28.3 Å². The van der Waals surface area contributed by atoms with E-state index in [9.17, 15) is 9.59 Å². The van der Waals surface area contributed by atoms with Gasteiger partial charge in [-0.15, -0.1) is 0 Å². The molecule has 3 N–H and O–H groups in total. The Hall–Kier alpha value is -4.80. The first kappa shape index (κ1) is 29.9. The van der Waals surface area contributed by atoms with Gasteiger partial charge in [-0.1, -0.05) is 41.9 Å². The van der Waals surface area contributed by atoms with Crippen molar-refractivity contribution in [3.05, 3.63) is 93.0 Å². The number of methoxy groups -OCH3 is 1. The summed E-state index contributed by atoms with van der Waals surface area (Å²) in [6.45, 7) is 2.73. The number of aromatic nitrogens is 4. The van der Waals surface area contributed by atoms with Gasteiger partial charge < -0.3 is 20.7 Å². The predicted molar refractivity (Wildman–Crippen MR) is 180 cm³/mol. The number of nitrogens with one attached hydrogen (secondary N) is 3. The number of pyridine rings is 2. The molecule has 0 saturated carbocycles. The molecule has 2 atom stereocenters. The molecule has 1 fully saturated rings. The first-order valence-corrected chi connectivity index (χ1v) is 15.8. The molecule has 1 amide bonds. The van der Waals surface area contributed by atoms with Crippen molar-refractivity contribution >= 4 is 39.8 Å². The largest absolute Gasteiger partial charge is 0.481 e. The lowest BCUT2D eigenvalue weighted by Crippen LogP contribution is -2.36. The third kappa shape index (κ3) is 5.37. The van der Waals surface area contributed by atoms with Gasteiger partial charge >= 0.3 is 0 Å². The van der Waals surface area contributed by atoms with Gasteiger partial charge in [0.2, 0.25) is 11.8 Å². The van der Waals surface area contributed by atoms with Crippen molar-refractivity contribution in [2.45, 2.75) is 44.7 Å². The minimum atomic E-state index is -0.223. The fourth-order valence-corrected chi connectivity index (χ4v) is 6.94. The molecule has 3 aromatic heterocycles. The molecule has 0 radical (unpaired) electrons. The fraction of sp³-hybridized carbons (Fsp3) is 0.286. The summed E-state index contributed by atoms with van der Waals surface area (Å²) >= 11 is 7.18. The Labute approximate surface area is 271 Å². The van der Waals surface area contributed by atoms with E-state index in [1.807, 2.05) is 43.3 Å². The standard InChI is InChI=1S/C35H34ClN7O3/c1-19-23(6-5-9-26(19)41-33-31-21(14-15-37-33)17-39-43(2)35(31)45)24-7-4-8-25(32(24)36)28-16-20-10-12-27(30(20)34(42-28)46-3)38-18-22-11-13-29(44)40-22/h4-9,14-17,22,27,38H,10-13,18H2,1-3H3,(H,37,41)(H,40,44)/t22-,27?/m0/s1. The lowest BCUT2D eigenvalue weighted by Gasteiger charge is -2.20. The summed E-state index contributed by atoms with van der Waals surface area (Å²) < 4.78 is 7.13. The molecule has 2 aliphatic rings. The van der Waals surface area contributed by atoms with Gasteiger partial charge in [0.05, 0.1) is 29.4 Å². The summed E-state index contributed by atoms with van der Waals surface area (Å²) in [4.78, 5) is 34.0. The zero-order chi connectivity index (χ0) is 31.9. The van der Waals surface area contributed by atoms with E-state index in [2.05, 4.69) is 32.1 Å². The monoisotopic (exact) mass is 635 g/mol. The van der Waals surface area contributed by atoms with Crippen LogP contribution in [0.5, 0.6) is 5.88 Å². The number of nitrogens with zero attached hydrogens (tertiary/aromatic N) is 4. The maximum absolute atomic E-state index is 12.9. The van der Waals surface area contributed by atoms with E-state index in [0.717, 1.165) is 58.5 Å². The second-order valence-electron chi connectivity index (χ2n) is 11.9. The predicted octanol–water partition coefficient (Wildman–Crippen LogP) is 5.63. The summed E-state index contributed by atoms with van der Waals surface area (Å²) in [5, 5.41) is 16.0. The third-order valence-electron chi connectivity index (χ3n) is 9.06. The number of ether oxygens (including phenoxy) is 1. The summed E-state index contributed by atoms with van der Waals surface area (Å²) in [6, 6.07) is 16.1. The zero-order valence-electron chi connectivity index (χ0n) is 25.9. The van der Waals surface area contributed by atoms with Crippen molar-refractivity contribution in [3.63, 3.8) is 0 Å². The summed E-state index contributed by atoms with van der Waals surface area (Å²) in [6.07, 6.45) is 6.58. The first-order valence-electron chi connectivity index (χ1n) is 15.4. The molecule has 46 heavy (non-hydrogen) atoms. The molecule has 1 unspecified atom stereocenters. The zero-order valence-corrected chi connectivity index (χ0v) is 26.6. The molecule has 1 saturated heterocycles. The van der Waals surface area contributed by atoms with Gasteiger partial charge in [0.25, 0.3) is 5.56 Å². The second kappa shape index (κ2) is 12.2. The Bertz CT molecular complexity index is 2060. The molecule has 234 valence electrons. The van der Waals surface area contributed by atoms with Crippen LogP contribution in [0.4, 0.5) is 11.5 Å². The minimum Gasteiger partial charge on any atom is -0.481 e. The highest BCUT2D eigenvalue weighted by atomic mass is 35.5. The average Bonchev–Trinajstić information content (AvgIpc) is 3.68. The van der Waals surface area contributed by atoms with Gasteiger partial charge in [0.1, 0.15) is 5.82 Å². The van der Waals surface area contributed by atoms with Crippen LogP contribution in [0.15, 0.2) is 65.7 Å². The number of fused-ring (bicyclic) bond motifs is 2. The van der Waals surface area contributed by atoms with Crippen molar-refractivity contribution in [2.24, 2.45) is 7.05 Å². The van der Waals surface area contributed by atoms with E-state index in [4.69, 9.17) is 21.3 Å². The molecule has 4 heterocycles. The summed E-state index contributed by atoms with van der Waals surface area (Å²) in [5.74, 6) is 1.17. The van der Waals surface area contributed by atoms with E-state index >= 15 is 0 Å². The molecule has 2 aromatic carbocycles. The van der Waals surface area contributed by atoms with Crippen LogP contribution >= 0.6 is 11.6 Å². The van der Waals surface area contributed by atoms with Crippen LogP contribution in [0, 0.1) is 6.92 Å². The smallest absolute Gasteiger partial charge is 0.278 e. The summed E-state index contributed by atoms with van der Waals surface area (Å²) in [5.41, 5.74) is 7.18. The molecular formula is C35H34ClN7O3. The van der Waals surface area contributed by atoms with E-state index in [1.165, 1.54) is 10.2 Å². The highest BCUT2D eigenvalue weighted by Gasteiger charge is 2.30. The lowest BCUT2D eigenvalue weighted by atomic mass is 9.96. The molecule has 0 bridgehead atoms. The van der Waals surface area contributed by atoms with Gasteiger partial charge in [-0.05, 0) is 61.1 Å². The van der Waals surface area contributed by atoms with Crippen LogP contribution in [0.2, 0.25) is 5.02 Å². The van der Waals surface area contributed by atoms with Gasteiger partial charge in [0.15, 0.2) is 0 Å². The maximum Gasteiger partial charge on any atom is 0.278 e. The van der Waals surface area contributed by atoms with Crippen molar-refractivity contribution in [1.82, 2.24) is 30.4 Å². The fourth-order valence-electron chi connectivity index (χ4n) is 6.61. The van der Waals surface area contributed by atoms with Crippen LogP contribution in [0.3, 0.4) is 0 Å². The molecule has 1 aliphatic carbocycles.